The van der Waals surface area contributed by atoms with Crippen molar-refractivity contribution in [1.29, 1.82) is 0 Å². The van der Waals surface area contributed by atoms with E-state index in [4.69, 9.17) is 18.9 Å². The summed E-state index contributed by atoms with van der Waals surface area (Å²) in [4.78, 5) is 28.6. The fraction of sp³-hybridized carbons (Fsp3) is 0.600. The normalized spacial score (nSPS) is 16.3. The predicted octanol–water partition coefficient (Wildman–Crippen LogP) is 4.03. The van der Waals surface area contributed by atoms with Gasteiger partial charge in [0.05, 0.1) is 31.9 Å². The van der Waals surface area contributed by atoms with Crippen molar-refractivity contribution in [3.63, 3.8) is 0 Å². The van der Waals surface area contributed by atoms with Gasteiger partial charge in [-0.1, -0.05) is 13.3 Å². The van der Waals surface area contributed by atoms with Crippen molar-refractivity contribution in [2.24, 2.45) is 5.41 Å². The first kappa shape index (κ1) is 25.9. The van der Waals surface area contributed by atoms with Crippen molar-refractivity contribution in [3.8, 4) is 11.5 Å². The zero-order valence-electron chi connectivity index (χ0n) is 21.5. The number of rotatable bonds is 7. The first-order valence-corrected chi connectivity index (χ1v) is 11.9. The Balaban J connectivity index is 1.96. The number of piperidine rings is 1. The molecule has 0 saturated carbocycles. The molecule has 34 heavy (non-hydrogen) atoms. The number of methoxy groups -OCH3 is 2. The van der Waals surface area contributed by atoms with Crippen LogP contribution in [-0.2, 0) is 9.47 Å². The number of carbonyl (C=O) groups excluding carboxylic acids is 2. The molecule has 0 amide bonds. The predicted molar refractivity (Wildman–Crippen MR) is 134 cm³/mol. The lowest BCUT2D eigenvalue weighted by molar-refractivity contribution is 0.0106. The number of hydrogen-bond donors (Lipinski definition) is 0. The van der Waals surface area contributed by atoms with Crippen LogP contribution in [0, 0.1) is 5.41 Å². The van der Waals surface area contributed by atoms with Gasteiger partial charge in [-0.25, -0.2) is 9.59 Å². The zero-order valence-corrected chi connectivity index (χ0v) is 21.5. The number of aromatic nitrogens is 1. The average Bonchev–Trinajstić information content (AvgIpc) is 3.16. The SMILES string of the molecule is BN1CCC(CCC)(COC(=O)c2cn(C(=O)OC(C)(C)C)c3cc(OC)c(OC)cc23)CC1. The van der Waals surface area contributed by atoms with Crippen LogP contribution in [0.4, 0.5) is 4.79 Å². The van der Waals surface area contributed by atoms with Crippen LogP contribution in [0.2, 0.25) is 0 Å². The number of benzene rings is 1. The van der Waals surface area contributed by atoms with Crippen molar-refractivity contribution in [3.05, 3.63) is 23.9 Å². The number of ether oxygens (including phenoxy) is 4. The molecule has 3 rings (SSSR count). The Morgan fingerprint density at radius 3 is 2.26 bits per heavy atom. The third kappa shape index (κ3) is 5.69. The van der Waals surface area contributed by atoms with Crippen molar-refractivity contribution in [1.82, 2.24) is 9.38 Å². The molecule has 2 heterocycles. The van der Waals surface area contributed by atoms with Gasteiger partial charge < -0.3 is 23.8 Å². The van der Waals surface area contributed by atoms with Crippen LogP contribution in [-0.4, -0.2) is 68.9 Å². The molecule has 0 unspecified atom stereocenters. The Hall–Kier alpha value is -2.68. The summed E-state index contributed by atoms with van der Waals surface area (Å²) in [5, 5.41) is 0.543. The van der Waals surface area contributed by atoms with E-state index in [0.29, 0.717) is 34.6 Å². The van der Waals surface area contributed by atoms with Gasteiger partial charge in [-0.2, -0.15) is 0 Å². The first-order valence-electron chi connectivity index (χ1n) is 11.9. The second-order valence-corrected chi connectivity index (χ2v) is 10.2. The Bertz CT molecular complexity index is 1030. The van der Waals surface area contributed by atoms with E-state index in [0.717, 1.165) is 38.8 Å². The van der Waals surface area contributed by atoms with Gasteiger partial charge in [-0.05, 0) is 59.2 Å². The lowest BCUT2D eigenvalue weighted by atomic mass is 9.75. The number of carbonyl (C=O) groups is 2. The minimum atomic E-state index is -0.689. The largest absolute Gasteiger partial charge is 0.493 e. The molecule has 9 heteroatoms. The monoisotopic (exact) mass is 472 g/mol. The molecule has 0 bridgehead atoms. The highest BCUT2D eigenvalue weighted by atomic mass is 16.6. The van der Waals surface area contributed by atoms with Crippen LogP contribution in [0.25, 0.3) is 10.9 Å². The molecular formula is C25H37BN2O6. The molecule has 1 aromatic carbocycles. The molecule has 1 saturated heterocycles. The Morgan fingerprint density at radius 2 is 1.71 bits per heavy atom. The van der Waals surface area contributed by atoms with E-state index in [1.54, 1.807) is 32.9 Å². The van der Waals surface area contributed by atoms with E-state index in [1.807, 2.05) is 0 Å². The van der Waals surface area contributed by atoms with Gasteiger partial charge in [-0.3, -0.25) is 4.57 Å². The van der Waals surface area contributed by atoms with E-state index in [9.17, 15) is 9.59 Å². The molecule has 1 fully saturated rings. The molecule has 1 aliphatic rings. The molecule has 2 aromatic rings. The van der Waals surface area contributed by atoms with Gasteiger partial charge in [0.25, 0.3) is 0 Å². The van der Waals surface area contributed by atoms with Crippen LogP contribution >= 0.6 is 0 Å². The topological polar surface area (TPSA) is 79.2 Å². The molecule has 186 valence electrons. The summed E-state index contributed by atoms with van der Waals surface area (Å²) in [5.41, 5.74) is 0.0789. The lowest BCUT2D eigenvalue weighted by Gasteiger charge is -2.40. The van der Waals surface area contributed by atoms with Crippen LogP contribution in [0.5, 0.6) is 11.5 Å². The van der Waals surface area contributed by atoms with Gasteiger partial charge in [0.1, 0.15) is 5.60 Å². The number of hydrogen-bond acceptors (Lipinski definition) is 7. The van der Waals surface area contributed by atoms with Crippen molar-refractivity contribution >= 4 is 30.9 Å². The summed E-state index contributed by atoms with van der Waals surface area (Å²) < 4.78 is 23.6. The van der Waals surface area contributed by atoms with Crippen LogP contribution in [0.15, 0.2) is 18.3 Å². The van der Waals surface area contributed by atoms with Crippen molar-refractivity contribution in [2.75, 3.05) is 33.9 Å². The molecular weight excluding hydrogens is 435 g/mol. The minimum Gasteiger partial charge on any atom is -0.493 e. The number of nitrogens with zero attached hydrogens (tertiary/aromatic N) is 2. The van der Waals surface area contributed by atoms with E-state index in [1.165, 1.54) is 25.0 Å². The third-order valence-electron chi connectivity index (χ3n) is 6.46. The zero-order chi connectivity index (χ0) is 25.1. The minimum absolute atomic E-state index is 0.0125. The fourth-order valence-electron chi connectivity index (χ4n) is 4.56. The highest BCUT2D eigenvalue weighted by Gasteiger charge is 2.35. The summed E-state index contributed by atoms with van der Waals surface area (Å²) in [6.07, 6.45) is 4.95. The summed E-state index contributed by atoms with van der Waals surface area (Å²) in [6.45, 7) is 9.90. The average molecular weight is 472 g/mol. The Kier molecular flexibility index (Phi) is 7.86. The second-order valence-electron chi connectivity index (χ2n) is 10.2. The van der Waals surface area contributed by atoms with Crippen LogP contribution in [0.1, 0.15) is 63.7 Å². The summed E-state index contributed by atoms with van der Waals surface area (Å²) in [5.74, 6) is 0.448. The van der Waals surface area contributed by atoms with E-state index in [2.05, 4.69) is 19.7 Å². The quantitative estimate of drug-likeness (QED) is 0.445. The summed E-state index contributed by atoms with van der Waals surface area (Å²) in [6, 6.07) is 3.37. The van der Waals surface area contributed by atoms with Gasteiger partial charge in [0, 0.05) is 23.1 Å². The Labute approximate surface area is 202 Å². The molecule has 8 nitrogen and oxygen atoms in total. The maximum atomic E-state index is 13.3. The highest BCUT2D eigenvalue weighted by molar-refractivity contribution is 6.07. The number of esters is 1. The highest BCUT2D eigenvalue weighted by Crippen LogP contribution is 2.38. The van der Waals surface area contributed by atoms with Crippen LogP contribution in [0.3, 0.4) is 0 Å². The molecule has 0 aliphatic carbocycles. The van der Waals surface area contributed by atoms with Gasteiger partial charge in [0.2, 0.25) is 0 Å². The van der Waals surface area contributed by atoms with E-state index < -0.39 is 17.7 Å². The third-order valence-corrected chi connectivity index (χ3v) is 6.46. The lowest BCUT2D eigenvalue weighted by Crippen LogP contribution is -2.41. The summed E-state index contributed by atoms with van der Waals surface area (Å²) in [7, 11) is 5.17. The molecule has 0 atom stereocenters. The van der Waals surface area contributed by atoms with Crippen molar-refractivity contribution < 1.29 is 28.5 Å². The van der Waals surface area contributed by atoms with Gasteiger partial charge in [0.15, 0.2) is 19.5 Å². The van der Waals surface area contributed by atoms with Crippen molar-refractivity contribution in [2.45, 2.75) is 59.0 Å². The Morgan fingerprint density at radius 1 is 1.09 bits per heavy atom. The van der Waals surface area contributed by atoms with Gasteiger partial charge in [-0.15, -0.1) is 0 Å². The second kappa shape index (κ2) is 10.3. The number of fused-ring (bicyclic) bond motifs is 1. The van der Waals surface area contributed by atoms with Gasteiger partial charge >= 0.3 is 12.1 Å². The first-order chi connectivity index (χ1) is 16.0. The maximum absolute atomic E-state index is 13.3. The smallest absolute Gasteiger partial charge is 0.419 e. The molecule has 1 aromatic heterocycles. The standard InChI is InChI=1S/C25H37BN2O6/c1-7-8-25(9-11-27(26)12-10-25)16-33-22(29)18-15-28(23(30)34-24(2,3)4)19-14-21(32-6)20(31-5)13-17(18)19/h13-15H,7-12,16,26H2,1-6H3. The van der Waals surface area contributed by atoms with E-state index >= 15 is 0 Å². The molecule has 1 aliphatic heterocycles. The molecule has 0 radical (unpaired) electrons. The van der Waals surface area contributed by atoms with Crippen LogP contribution < -0.4 is 9.47 Å². The molecule has 0 N–H and O–H groups in total. The van der Waals surface area contributed by atoms with E-state index in [-0.39, 0.29) is 5.41 Å². The molecule has 0 spiro atoms. The maximum Gasteiger partial charge on any atom is 0.419 e. The fourth-order valence-corrected chi connectivity index (χ4v) is 4.56. The summed E-state index contributed by atoms with van der Waals surface area (Å²) >= 11 is 0.